The van der Waals surface area contributed by atoms with Crippen molar-refractivity contribution in [3.63, 3.8) is 0 Å². The van der Waals surface area contributed by atoms with Crippen LogP contribution in [0, 0.1) is 5.92 Å². The molecule has 0 aromatic heterocycles. The molecule has 1 heterocycles. The van der Waals surface area contributed by atoms with Crippen LogP contribution in [0.25, 0.3) is 0 Å². The van der Waals surface area contributed by atoms with Crippen LogP contribution in [0.4, 0.5) is 0 Å². The summed E-state index contributed by atoms with van der Waals surface area (Å²) in [6.45, 7) is 0.874. The van der Waals surface area contributed by atoms with Crippen molar-refractivity contribution in [1.29, 1.82) is 0 Å². The molecule has 26 heavy (non-hydrogen) atoms. The van der Waals surface area contributed by atoms with Gasteiger partial charge in [0, 0.05) is 38.2 Å². The summed E-state index contributed by atoms with van der Waals surface area (Å²) in [6.07, 6.45) is 2.36. The van der Waals surface area contributed by atoms with Gasteiger partial charge in [0.15, 0.2) is 0 Å². The SMILES string of the molecule is O=C(NC1(C(=O)O)CCOCC1)c1cccc(S(=O)(=O)NCC2CC2)c1. The van der Waals surface area contributed by atoms with Crippen molar-refractivity contribution >= 4 is 21.9 Å². The number of carboxylic acids is 1. The minimum atomic E-state index is -3.70. The van der Waals surface area contributed by atoms with Gasteiger partial charge in [-0.15, -0.1) is 0 Å². The number of carbonyl (C=O) groups excluding carboxylic acids is 1. The largest absolute Gasteiger partial charge is 0.480 e. The number of carbonyl (C=O) groups is 2. The van der Waals surface area contributed by atoms with E-state index in [1.807, 2.05) is 0 Å². The van der Waals surface area contributed by atoms with E-state index in [0.29, 0.717) is 12.5 Å². The molecule has 0 atom stereocenters. The molecule has 0 bridgehead atoms. The Hall–Kier alpha value is -1.97. The standard InChI is InChI=1S/C17H22N2O6S/c20-15(19-17(16(21)22)6-8-25-9-7-17)13-2-1-3-14(10-13)26(23,24)18-11-12-4-5-12/h1-3,10,12,18H,4-9,11H2,(H,19,20)(H,21,22). The van der Waals surface area contributed by atoms with Crippen LogP contribution in [0.1, 0.15) is 36.0 Å². The average Bonchev–Trinajstić information content (AvgIpc) is 3.45. The first-order chi connectivity index (χ1) is 12.3. The van der Waals surface area contributed by atoms with Gasteiger partial charge in [-0.05, 0) is 37.0 Å². The van der Waals surface area contributed by atoms with E-state index in [4.69, 9.17) is 4.74 Å². The molecular weight excluding hydrogens is 360 g/mol. The number of sulfonamides is 1. The molecule has 142 valence electrons. The number of ether oxygens (including phenoxy) is 1. The van der Waals surface area contributed by atoms with Crippen LogP contribution in [0.15, 0.2) is 29.2 Å². The maximum atomic E-state index is 12.5. The van der Waals surface area contributed by atoms with Crippen LogP contribution >= 0.6 is 0 Å². The van der Waals surface area contributed by atoms with Crippen molar-refractivity contribution < 1.29 is 27.9 Å². The highest BCUT2D eigenvalue weighted by Crippen LogP contribution is 2.28. The molecule has 1 aliphatic heterocycles. The number of aliphatic carboxylic acids is 1. The molecule has 1 amide bonds. The van der Waals surface area contributed by atoms with E-state index in [0.717, 1.165) is 12.8 Å². The summed E-state index contributed by atoms with van der Waals surface area (Å²) in [5, 5.41) is 12.1. The highest BCUT2D eigenvalue weighted by Gasteiger charge is 2.41. The summed E-state index contributed by atoms with van der Waals surface area (Å²) in [4.78, 5) is 24.2. The number of rotatable bonds is 7. The Morgan fingerprint density at radius 2 is 1.92 bits per heavy atom. The number of hydrogen-bond acceptors (Lipinski definition) is 5. The number of carboxylic acid groups (broad SMARTS) is 1. The highest BCUT2D eigenvalue weighted by molar-refractivity contribution is 7.89. The fourth-order valence-electron chi connectivity index (χ4n) is 2.84. The molecule has 1 saturated carbocycles. The maximum Gasteiger partial charge on any atom is 0.329 e. The molecule has 1 aliphatic carbocycles. The number of nitrogens with one attached hydrogen (secondary N) is 2. The first kappa shape index (κ1) is 18.8. The van der Waals surface area contributed by atoms with E-state index in [9.17, 15) is 23.1 Å². The quantitative estimate of drug-likeness (QED) is 0.639. The lowest BCUT2D eigenvalue weighted by Gasteiger charge is -2.33. The van der Waals surface area contributed by atoms with E-state index in [-0.39, 0.29) is 36.5 Å². The van der Waals surface area contributed by atoms with Gasteiger partial charge in [-0.3, -0.25) is 4.79 Å². The molecule has 1 aromatic rings. The van der Waals surface area contributed by atoms with Crippen molar-refractivity contribution in [3.8, 4) is 0 Å². The predicted molar refractivity (Wildman–Crippen MR) is 92.2 cm³/mol. The van der Waals surface area contributed by atoms with Crippen molar-refractivity contribution in [2.24, 2.45) is 5.92 Å². The summed E-state index contributed by atoms with van der Waals surface area (Å²) >= 11 is 0. The monoisotopic (exact) mass is 382 g/mol. The van der Waals surface area contributed by atoms with Crippen molar-refractivity contribution in [2.45, 2.75) is 36.1 Å². The van der Waals surface area contributed by atoms with E-state index in [1.54, 1.807) is 0 Å². The van der Waals surface area contributed by atoms with Gasteiger partial charge in [-0.2, -0.15) is 0 Å². The van der Waals surface area contributed by atoms with Gasteiger partial charge >= 0.3 is 5.97 Å². The molecule has 2 fully saturated rings. The Morgan fingerprint density at radius 1 is 1.23 bits per heavy atom. The number of benzene rings is 1. The van der Waals surface area contributed by atoms with Crippen molar-refractivity contribution in [2.75, 3.05) is 19.8 Å². The molecule has 8 nitrogen and oxygen atoms in total. The molecule has 1 saturated heterocycles. The Labute approximate surface area is 152 Å². The predicted octanol–water partition coefficient (Wildman–Crippen LogP) is 0.738. The number of hydrogen-bond donors (Lipinski definition) is 3. The fourth-order valence-corrected chi connectivity index (χ4v) is 4.00. The topological polar surface area (TPSA) is 122 Å². The molecule has 3 rings (SSSR count). The van der Waals surface area contributed by atoms with Crippen LogP contribution in [0.5, 0.6) is 0 Å². The van der Waals surface area contributed by atoms with E-state index < -0.39 is 27.4 Å². The van der Waals surface area contributed by atoms with Gasteiger partial charge in [0.25, 0.3) is 5.91 Å². The zero-order chi connectivity index (χ0) is 18.8. The van der Waals surface area contributed by atoms with Gasteiger partial charge in [0.2, 0.25) is 10.0 Å². The van der Waals surface area contributed by atoms with Crippen LogP contribution in [-0.4, -0.2) is 50.7 Å². The third kappa shape index (κ3) is 4.22. The highest BCUT2D eigenvalue weighted by atomic mass is 32.2. The van der Waals surface area contributed by atoms with Crippen LogP contribution in [0.3, 0.4) is 0 Å². The smallest absolute Gasteiger partial charge is 0.329 e. The van der Waals surface area contributed by atoms with Gasteiger partial charge in [0.05, 0.1) is 4.90 Å². The third-order valence-electron chi connectivity index (χ3n) is 4.77. The average molecular weight is 382 g/mol. The lowest BCUT2D eigenvalue weighted by molar-refractivity contribution is -0.148. The molecule has 0 radical (unpaired) electrons. The molecule has 2 aliphatic rings. The molecule has 0 spiro atoms. The zero-order valence-electron chi connectivity index (χ0n) is 14.2. The second kappa shape index (κ2) is 7.34. The minimum Gasteiger partial charge on any atom is -0.480 e. The van der Waals surface area contributed by atoms with Crippen LogP contribution in [-0.2, 0) is 19.6 Å². The normalized spacial score (nSPS) is 19.7. The minimum absolute atomic E-state index is 0.0119. The summed E-state index contributed by atoms with van der Waals surface area (Å²) in [7, 11) is -3.70. The van der Waals surface area contributed by atoms with E-state index in [2.05, 4.69) is 10.0 Å². The van der Waals surface area contributed by atoms with Crippen LogP contribution in [0.2, 0.25) is 0 Å². The van der Waals surface area contributed by atoms with E-state index in [1.165, 1.54) is 24.3 Å². The Bertz CT molecular complexity index is 797. The van der Waals surface area contributed by atoms with Crippen molar-refractivity contribution in [1.82, 2.24) is 10.0 Å². The van der Waals surface area contributed by atoms with Crippen molar-refractivity contribution in [3.05, 3.63) is 29.8 Å². The van der Waals surface area contributed by atoms with Gasteiger partial charge < -0.3 is 15.2 Å². The van der Waals surface area contributed by atoms with Gasteiger partial charge in [0.1, 0.15) is 5.54 Å². The van der Waals surface area contributed by atoms with Gasteiger partial charge in [-0.25, -0.2) is 17.9 Å². The first-order valence-electron chi connectivity index (χ1n) is 8.56. The Kier molecular flexibility index (Phi) is 5.31. The lowest BCUT2D eigenvalue weighted by atomic mass is 9.89. The first-order valence-corrected chi connectivity index (χ1v) is 10.0. The lowest BCUT2D eigenvalue weighted by Crippen LogP contribution is -2.57. The fraction of sp³-hybridized carbons (Fsp3) is 0.529. The second-order valence-electron chi connectivity index (χ2n) is 6.78. The number of amides is 1. The molecule has 3 N–H and O–H groups in total. The Balaban J connectivity index is 1.76. The van der Waals surface area contributed by atoms with Crippen LogP contribution < -0.4 is 10.0 Å². The van der Waals surface area contributed by atoms with E-state index >= 15 is 0 Å². The third-order valence-corrected chi connectivity index (χ3v) is 6.20. The summed E-state index contributed by atoms with van der Waals surface area (Å²) in [5.41, 5.74) is -1.29. The second-order valence-corrected chi connectivity index (χ2v) is 8.54. The molecular formula is C17H22N2O6S. The summed E-state index contributed by atoms with van der Waals surface area (Å²) in [6, 6.07) is 5.61. The van der Waals surface area contributed by atoms with Gasteiger partial charge in [-0.1, -0.05) is 6.07 Å². The summed E-state index contributed by atoms with van der Waals surface area (Å²) in [5.74, 6) is -1.35. The summed E-state index contributed by atoms with van der Waals surface area (Å²) < 4.78 is 32.4. The maximum absolute atomic E-state index is 12.5. The molecule has 1 aromatic carbocycles. The Morgan fingerprint density at radius 3 is 2.54 bits per heavy atom. The molecule has 9 heteroatoms. The molecule has 0 unspecified atom stereocenters. The zero-order valence-corrected chi connectivity index (χ0v) is 15.0.